The van der Waals surface area contributed by atoms with E-state index in [2.05, 4.69) is 9.88 Å². The molecule has 0 bridgehead atoms. The normalized spacial score (nSPS) is 26.3. The number of aryl methyl sites for hydroxylation is 1. The van der Waals surface area contributed by atoms with Crippen molar-refractivity contribution in [3.63, 3.8) is 0 Å². The molecule has 1 saturated carbocycles. The Hall–Kier alpha value is -1.62. The number of carbonyl (C=O) groups is 1. The second-order valence-electron chi connectivity index (χ2n) is 5.26. The molecule has 0 amide bonds. The summed E-state index contributed by atoms with van der Waals surface area (Å²) in [6.45, 7) is 3.32. The summed E-state index contributed by atoms with van der Waals surface area (Å²) in [5.74, 6) is -0.124. The van der Waals surface area contributed by atoms with E-state index in [0.29, 0.717) is 18.2 Å². The minimum atomic E-state index is -0.900. The fourth-order valence-electron chi connectivity index (χ4n) is 3.13. The van der Waals surface area contributed by atoms with Crippen LogP contribution in [0.3, 0.4) is 0 Å². The summed E-state index contributed by atoms with van der Waals surface area (Å²) in [7, 11) is 0. The second kappa shape index (κ2) is 4.81. The number of aromatic nitrogens is 1. The Morgan fingerprint density at radius 3 is 3.11 bits per heavy atom. The van der Waals surface area contributed by atoms with Gasteiger partial charge in [-0.15, -0.1) is 0 Å². The van der Waals surface area contributed by atoms with Gasteiger partial charge < -0.3 is 14.7 Å². The van der Waals surface area contributed by atoms with E-state index in [4.69, 9.17) is 9.84 Å². The van der Waals surface area contributed by atoms with Crippen LogP contribution in [-0.2, 0) is 4.74 Å². The van der Waals surface area contributed by atoms with Crippen LogP contribution < -0.4 is 4.90 Å². The molecule has 3 rings (SSSR count). The summed E-state index contributed by atoms with van der Waals surface area (Å²) in [4.78, 5) is 17.9. The van der Waals surface area contributed by atoms with Crippen molar-refractivity contribution in [2.45, 2.75) is 38.3 Å². The average Bonchev–Trinajstić information content (AvgIpc) is 2.85. The molecule has 5 heteroatoms. The highest BCUT2D eigenvalue weighted by Gasteiger charge is 2.36. The molecule has 1 aromatic rings. The largest absolute Gasteiger partial charge is 0.478 e. The fourth-order valence-corrected chi connectivity index (χ4v) is 3.13. The Labute approximate surface area is 112 Å². The molecule has 0 aromatic carbocycles. The second-order valence-corrected chi connectivity index (χ2v) is 5.26. The lowest BCUT2D eigenvalue weighted by Crippen LogP contribution is -2.49. The molecule has 102 valence electrons. The van der Waals surface area contributed by atoms with Crippen molar-refractivity contribution in [1.29, 1.82) is 0 Å². The van der Waals surface area contributed by atoms with Gasteiger partial charge in [-0.2, -0.15) is 0 Å². The van der Waals surface area contributed by atoms with E-state index in [1.165, 1.54) is 6.42 Å². The molecular weight excluding hydrogens is 244 g/mol. The van der Waals surface area contributed by atoms with Crippen molar-refractivity contribution < 1.29 is 14.6 Å². The van der Waals surface area contributed by atoms with Crippen LogP contribution in [0.5, 0.6) is 0 Å². The number of hydrogen-bond donors (Lipinski definition) is 1. The molecule has 2 unspecified atom stereocenters. The van der Waals surface area contributed by atoms with Crippen LogP contribution >= 0.6 is 0 Å². The van der Waals surface area contributed by atoms with Gasteiger partial charge in [-0.3, -0.25) is 0 Å². The number of anilines is 1. The highest BCUT2D eigenvalue weighted by atomic mass is 16.5. The minimum Gasteiger partial charge on any atom is -0.478 e. The SMILES string of the molecule is Cc1cc(C(=O)O)cc(N2CCOC3CCCC32)n1. The summed E-state index contributed by atoms with van der Waals surface area (Å²) in [5.41, 5.74) is 1.06. The predicted octanol–water partition coefficient (Wildman–Crippen LogP) is 1.85. The van der Waals surface area contributed by atoms with Gasteiger partial charge >= 0.3 is 5.97 Å². The zero-order valence-corrected chi connectivity index (χ0v) is 11.0. The Balaban J connectivity index is 1.94. The summed E-state index contributed by atoms with van der Waals surface area (Å²) in [5, 5.41) is 9.15. The number of nitrogens with zero attached hydrogens (tertiary/aromatic N) is 2. The number of morpholine rings is 1. The fraction of sp³-hybridized carbons (Fsp3) is 0.571. The first-order valence-electron chi connectivity index (χ1n) is 6.75. The molecule has 2 aliphatic rings. The molecule has 19 heavy (non-hydrogen) atoms. The van der Waals surface area contributed by atoms with Gasteiger partial charge in [0.1, 0.15) is 5.82 Å². The van der Waals surface area contributed by atoms with Gasteiger partial charge in [-0.05, 0) is 38.3 Å². The molecule has 2 heterocycles. The van der Waals surface area contributed by atoms with E-state index in [9.17, 15) is 4.79 Å². The smallest absolute Gasteiger partial charge is 0.335 e. The van der Waals surface area contributed by atoms with Crippen LogP contribution in [0, 0.1) is 6.92 Å². The lowest BCUT2D eigenvalue weighted by atomic mass is 10.1. The summed E-state index contributed by atoms with van der Waals surface area (Å²) in [6, 6.07) is 3.64. The van der Waals surface area contributed by atoms with Crippen molar-refractivity contribution in [1.82, 2.24) is 4.98 Å². The number of ether oxygens (including phenoxy) is 1. The number of aromatic carboxylic acids is 1. The van der Waals surface area contributed by atoms with Crippen LogP contribution in [-0.4, -0.2) is 41.4 Å². The number of carboxylic acid groups (broad SMARTS) is 1. The van der Waals surface area contributed by atoms with Gasteiger partial charge in [0.2, 0.25) is 0 Å². The van der Waals surface area contributed by atoms with Crippen LogP contribution in [0.2, 0.25) is 0 Å². The predicted molar refractivity (Wildman–Crippen MR) is 70.7 cm³/mol. The van der Waals surface area contributed by atoms with Gasteiger partial charge in [0, 0.05) is 12.2 Å². The van der Waals surface area contributed by atoms with Crippen LogP contribution in [0.15, 0.2) is 12.1 Å². The maximum absolute atomic E-state index is 11.1. The molecule has 1 aliphatic carbocycles. The first kappa shape index (κ1) is 12.4. The number of pyridine rings is 1. The van der Waals surface area contributed by atoms with Crippen molar-refractivity contribution in [2.75, 3.05) is 18.1 Å². The van der Waals surface area contributed by atoms with E-state index in [1.807, 2.05) is 6.92 Å². The highest BCUT2D eigenvalue weighted by molar-refractivity contribution is 5.88. The molecule has 0 radical (unpaired) electrons. The monoisotopic (exact) mass is 262 g/mol. The number of rotatable bonds is 2. The third kappa shape index (κ3) is 2.30. The molecule has 1 aromatic heterocycles. The molecule has 2 atom stereocenters. The maximum Gasteiger partial charge on any atom is 0.335 e. The number of fused-ring (bicyclic) bond motifs is 1. The Bertz CT molecular complexity index is 503. The van der Waals surface area contributed by atoms with E-state index in [0.717, 1.165) is 30.9 Å². The summed E-state index contributed by atoms with van der Waals surface area (Å²) in [6.07, 6.45) is 3.65. The van der Waals surface area contributed by atoms with Crippen LogP contribution in [0.25, 0.3) is 0 Å². The lowest BCUT2D eigenvalue weighted by molar-refractivity contribution is 0.0253. The van der Waals surface area contributed by atoms with E-state index >= 15 is 0 Å². The number of carboxylic acids is 1. The molecule has 0 spiro atoms. The zero-order valence-electron chi connectivity index (χ0n) is 11.0. The molecule has 5 nitrogen and oxygen atoms in total. The summed E-state index contributed by atoms with van der Waals surface area (Å²) < 4.78 is 5.78. The molecule has 2 fully saturated rings. The minimum absolute atomic E-state index is 0.282. The maximum atomic E-state index is 11.1. The quantitative estimate of drug-likeness (QED) is 0.881. The lowest BCUT2D eigenvalue weighted by Gasteiger charge is -2.38. The van der Waals surface area contributed by atoms with Gasteiger partial charge in [-0.25, -0.2) is 9.78 Å². The Morgan fingerprint density at radius 1 is 1.47 bits per heavy atom. The van der Waals surface area contributed by atoms with Gasteiger partial charge in [-0.1, -0.05) is 0 Å². The Kier molecular flexibility index (Phi) is 3.14. The van der Waals surface area contributed by atoms with Crippen LogP contribution in [0.4, 0.5) is 5.82 Å². The van der Waals surface area contributed by atoms with Gasteiger partial charge in [0.15, 0.2) is 0 Å². The Morgan fingerprint density at radius 2 is 2.32 bits per heavy atom. The topological polar surface area (TPSA) is 62.7 Å². The van der Waals surface area contributed by atoms with E-state index in [-0.39, 0.29) is 6.10 Å². The highest BCUT2D eigenvalue weighted by Crippen LogP contribution is 2.32. The van der Waals surface area contributed by atoms with Crippen molar-refractivity contribution in [3.8, 4) is 0 Å². The third-order valence-corrected chi connectivity index (χ3v) is 3.96. The molecule has 1 aliphatic heterocycles. The third-order valence-electron chi connectivity index (χ3n) is 3.96. The number of hydrogen-bond acceptors (Lipinski definition) is 4. The first-order chi connectivity index (χ1) is 9.15. The molecule has 1 saturated heterocycles. The average molecular weight is 262 g/mol. The van der Waals surface area contributed by atoms with Gasteiger partial charge in [0.05, 0.1) is 24.3 Å². The van der Waals surface area contributed by atoms with E-state index in [1.54, 1.807) is 12.1 Å². The molecule has 1 N–H and O–H groups in total. The van der Waals surface area contributed by atoms with Crippen LogP contribution in [0.1, 0.15) is 35.3 Å². The standard InChI is InChI=1S/C14H18N2O3/c1-9-7-10(14(17)18)8-13(15-9)16-5-6-19-12-4-2-3-11(12)16/h7-8,11-12H,2-6H2,1H3,(H,17,18). The van der Waals surface area contributed by atoms with E-state index < -0.39 is 5.97 Å². The first-order valence-corrected chi connectivity index (χ1v) is 6.75. The van der Waals surface area contributed by atoms with Crippen molar-refractivity contribution >= 4 is 11.8 Å². The summed E-state index contributed by atoms with van der Waals surface area (Å²) >= 11 is 0. The molecular formula is C14H18N2O3. The van der Waals surface area contributed by atoms with Crippen molar-refractivity contribution in [3.05, 3.63) is 23.4 Å². The van der Waals surface area contributed by atoms with Crippen molar-refractivity contribution in [2.24, 2.45) is 0 Å². The zero-order chi connectivity index (χ0) is 13.4. The van der Waals surface area contributed by atoms with Gasteiger partial charge in [0.25, 0.3) is 0 Å².